The number of hydrogen-bond acceptors (Lipinski definition) is 4. The number of hydrogen-bond donors (Lipinski definition) is 1. The molecule has 2 aliphatic heterocycles. The molecule has 2 aliphatic rings. The maximum Gasteiger partial charge on any atom is 0.333 e. The summed E-state index contributed by atoms with van der Waals surface area (Å²) in [5.41, 5.74) is 2.95. The first kappa shape index (κ1) is 20.8. The quantitative estimate of drug-likeness (QED) is 0.838. The van der Waals surface area contributed by atoms with Crippen molar-refractivity contribution in [3.8, 4) is 0 Å². The average Bonchev–Trinajstić information content (AvgIpc) is 2.71. The number of carboxylic acid groups (broad SMARTS) is 1. The summed E-state index contributed by atoms with van der Waals surface area (Å²) in [7, 11) is 1.44. The van der Waals surface area contributed by atoms with E-state index in [0.717, 1.165) is 5.56 Å². The Balaban J connectivity index is 1.80. The highest BCUT2D eigenvalue weighted by molar-refractivity contribution is 5.88. The Hall–Kier alpha value is -1.92. The van der Waals surface area contributed by atoms with Crippen molar-refractivity contribution in [1.29, 1.82) is 0 Å². The normalized spacial score (nSPS) is 21.3. The van der Waals surface area contributed by atoms with Gasteiger partial charge in [0.2, 0.25) is 5.91 Å². The molecule has 1 amide bonds. The van der Waals surface area contributed by atoms with Gasteiger partial charge >= 0.3 is 5.97 Å². The maximum atomic E-state index is 13.7. The molecule has 1 atom stereocenters. The summed E-state index contributed by atoms with van der Waals surface area (Å²) in [5.74, 6) is -0.830. The SMILES string of the molecule is COC(C(=O)O)C1CCN(C(=O)C2(c3ccc(C)c(C)c3)CCOCC2)CC1. The predicted molar refractivity (Wildman–Crippen MR) is 105 cm³/mol. The van der Waals surface area contributed by atoms with Crippen molar-refractivity contribution in [2.24, 2.45) is 5.92 Å². The average molecular weight is 389 g/mol. The molecule has 0 aliphatic carbocycles. The van der Waals surface area contributed by atoms with Crippen molar-refractivity contribution < 1.29 is 24.2 Å². The van der Waals surface area contributed by atoms with Crippen molar-refractivity contribution in [3.63, 3.8) is 0 Å². The van der Waals surface area contributed by atoms with Gasteiger partial charge in [-0.25, -0.2) is 4.79 Å². The van der Waals surface area contributed by atoms with E-state index in [1.54, 1.807) is 0 Å². The first-order valence-corrected chi connectivity index (χ1v) is 10.1. The van der Waals surface area contributed by atoms with Crippen LogP contribution in [0.15, 0.2) is 18.2 Å². The minimum Gasteiger partial charge on any atom is -0.479 e. The molecule has 28 heavy (non-hydrogen) atoms. The summed E-state index contributed by atoms with van der Waals surface area (Å²) < 4.78 is 10.7. The Morgan fingerprint density at radius 2 is 1.82 bits per heavy atom. The molecule has 0 spiro atoms. The summed E-state index contributed by atoms with van der Waals surface area (Å²) >= 11 is 0. The molecule has 1 aromatic carbocycles. The lowest BCUT2D eigenvalue weighted by Crippen LogP contribution is -2.53. The predicted octanol–water partition coefficient (Wildman–Crippen LogP) is 2.69. The van der Waals surface area contributed by atoms with Gasteiger partial charge in [0.05, 0.1) is 5.41 Å². The van der Waals surface area contributed by atoms with Crippen molar-refractivity contribution >= 4 is 11.9 Å². The number of benzene rings is 1. The third-order valence-corrected chi connectivity index (χ3v) is 6.57. The molecular weight excluding hydrogens is 358 g/mol. The van der Waals surface area contributed by atoms with E-state index in [4.69, 9.17) is 9.47 Å². The smallest absolute Gasteiger partial charge is 0.333 e. The second-order valence-corrected chi connectivity index (χ2v) is 8.12. The number of carboxylic acids is 1. The number of carbonyl (C=O) groups is 2. The lowest BCUT2D eigenvalue weighted by atomic mass is 9.72. The van der Waals surface area contributed by atoms with Gasteiger partial charge in [0, 0.05) is 33.4 Å². The molecule has 1 N–H and O–H groups in total. The number of aryl methyl sites for hydroxylation is 2. The molecule has 1 unspecified atom stereocenters. The molecule has 6 nitrogen and oxygen atoms in total. The molecule has 2 heterocycles. The number of nitrogens with zero attached hydrogens (tertiary/aromatic N) is 1. The molecule has 0 saturated carbocycles. The van der Waals surface area contributed by atoms with Gasteiger partial charge in [-0.05, 0) is 62.1 Å². The van der Waals surface area contributed by atoms with Crippen LogP contribution in [0.2, 0.25) is 0 Å². The van der Waals surface area contributed by atoms with Gasteiger partial charge in [-0.15, -0.1) is 0 Å². The molecule has 3 rings (SSSR count). The summed E-state index contributed by atoms with van der Waals surface area (Å²) in [6.45, 7) is 6.48. The van der Waals surface area contributed by atoms with Crippen LogP contribution < -0.4 is 0 Å². The van der Waals surface area contributed by atoms with Crippen LogP contribution >= 0.6 is 0 Å². The Labute approximate surface area is 166 Å². The molecule has 0 radical (unpaired) electrons. The topological polar surface area (TPSA) is 76.1 Å². The van der Waals surface area contributed by atoms with Crippen LogP contribution in [0.25, 0.3) is 0 Å². The summed E-state index contributed by atoms with van der Waals surface area (Å²) in [6.07, 6.45) is 1.87. The second-order valence-electron chi connectivity index (χ2n) is 8.12. The van der Waals surface area contributed by atoms with E-state index in [1.165, 1.54) is 18.2 Å². The number of rotatable bonds is 5. The Morgan fingerprint density at radius 1 is 1.18 bits per heavy atom. The van der Waals surface area contributed by atoms with Gasteiger partial charge in [0.25, 0.3) is 0 Å². The highest BCUT2D eigenvalue weighted by Crippen LogP contribution is 2.38. The fraction of sp³-hybridized carbons (Fsp3) is 0.636. The lowest BCUT2D eigenvalue weighted by molar-refractivity contribution is -0.154. The van der Waals surface area contributed by atoms with Gasteiger partial charge in [-0.1, -0.05) is 18.2 Å². The highest BCUT2D eigenvalue weighted by atomic mass is 16.5. The molecule has 0 aromatic heterocycles. The number of amides is 1. The molecule has 0 bridgehead atoms. The van der Waals surface area contributed by atoms with E-state index in [1.807, 2.05) is 4.90 Å². The maximum absolute atomic E-state index is 13.7. The summed E-state index contributed by atoms with van der Waals surface area (Å²) in [6, 6.07) is 6.33. The van der Waals surface area contributed by atoms with Crippen molar-refractivity contribution in [2.45, 2.75) is 51.0 Å². The van der Waals surface area contributed by atoms with E-state index >= 15 is 0 Å². The van der Waals surface area contributed by atoms with Crippen LogP contribution in [0.3, 0.4) is 0 Å². The van der Waals surface area contributed by atoms with E-state index in [-0.39, 0.29) is 11.8 Å². The minimum atomic E-state index is -0.927. The molecule has 1 aromatic rings. The van der Waals surface area contributed by atoms with Gasteiger partial charge < -0.3 is 19.5 Å². The number of piperidine rings is 1. The standard InChI is InChI=1S/C22H31NO5/c1-15-4-5-18(14-16(15)2)22(8-12-28-13-9-22)21(26)23-10-6-17(7-11-23)19(27-3)20(24)25/h4-5,14,17,19H,6-13H2,1-3H3,(H,24,25). The van der Waals surface area contributed by atoms with Crippen LogP contribution in [-0.2, 0) is 24.5 Å². The van der Waals surface area contributed by atoms with Crippen molar-refractivity contribution in [3.05, 3.63) is 34.9 Å². The van der Waals surface area contributed by atoms with Gasteiger partial charge in [0.15, 0.2) is 6.10 Å². The van der Waals surface area contributed by atoms with Crippen LogP contribution in [0.1, 0.15) is 42.4 Å². The fourth-order valence-electron chi connectivity index (χ4n) is 4.59. The zero-order chi connectivity index (χ0) is 20.3. The Kier molecular flexibility index (Phi) is 6.40. The zero-order valence-electron chi connectivity index (χ0n) is 17.1. The number of aliphatic carboxylic acids is 1. The van der Waals surface area contributed by atoms with E-state index in [9.17, 15) is 14.7 Å². The first-order valence-electron chi connectivity index (χ1n) is 10.1. The number of methoxy groups -OCH3 is 1. The van der Waals surface area contributed by atoms with Crippen LogP contribution in [0, 0.1) is 19.8 Å². The van der Waals surface area contributed by atoms with Gasteiger partial charge in [-0.3, -0.25) is 4.79 Å². The molecule has 2 saturated heterocycles. The van der Waals surface area contributed by atoms with Crippen LogP contribution in [-0.4, -0.2) is 61.4 Å². The van der Waals surface area contributed by atoms with E-state index < -0.39 is 17.5 Å². The highest BCUT2D eigenvalue weighted by Gasteiger charge is 2.45. The van der Waals surface area contributed by atoms with Gasteiger partial charge in [-0.2, -0.15) is 0 Å². The third-order valence-electron chi connectivity index (χ3n) is 6.57. The molecule has 6 heteroatoms. The fourth-order valence-corrected chi connectivity index (χ4v) is 4.59. The van der Waals surface area contributed by atoms with Crippen LogP contribution in [0.4, 0.5) is 0 Å². The third kappa shape index (κ3) is 3.94. The molecular formula is C22H31NO5. The zero-order valence-corrected chi connectivity index (χ0v) is 17.1. The second kappa shape index (κ2) is 8.62. The van der Waals surface area contributed by atoms with Gasteiger partial charge in [0.1, 0.15) is 0 Å². The van der Waals surface area contributed by atoms with Crippen LogP contribution in [0.5, 0.6) is 0 Å². The minimum absolute atomic E-state index is 0.0567. The first-order chi connectivity index (χ1) is 13.4. The number of carbonyl (C=O) groups excluding carboxylic acids is 1. The monoisotopic (exact) mass is 389 g/mol. The van der Waals surface area contributed by atoms with E-state index in [2.05, 4.69) is 32.0 Å². The Bertz CT molecular complexity index is 718. The molecule has 2 fully saturated rings. The summed E-state index contributed by atoms with van der Waals surface area (Å²) in [4.78, 5) is 27.0. The lowest BCUT2D eigenvalue weighted by Gasteiger charge is -2.43. The number of ether oxygens (including phenoxy) is 2. The summed E-state index contributed by atoms with van der Waals surface area (Å²) in [5, 5.41) is 9.32. The molecule has 154 valence electrons. The van der Waals surface area contributed by atoms with Crippen molar-refractivity contribution in [2.75, 3.05) is 33.4 Å². The Morgan fingerprint density at radius 3 is 2.36 bits per heavy atom. The number of likely N-dealkylation sites (tertiary alicyclic amines) is 1. The van der Waals surface area contributed by atoms with Crippen molar-refractivity contribution in [1.82, 2.24) is 4.90 Å². The van der Waals surface area contributed by atoms with E-state index in [0.29, 0.717) is 52.0 Å². The largest absolute Gasteiger partial charge is 0.479 e.